The standard InChI is InChI=1S/C23H26N4O5S/c1-14(2)9-10-27-13-17(23-25-18-5-3-4-6-20(18)33(31,32)26-23)22(30)16-11-15(7-8-19(16)27)24-12-21(28)29/h3-8,11,14,24-26H,9-10,12-13H2,1-2H3,(H,28,29). The van der Waals surface area contributed by atoms with Crippen molar-refractivity contribution in [3.63, 3.8) is 0 Å². The molecule has 2 heterocycles. The number of aliphatic carboxylic acids is 1. The zero-order valence-electron chi connectivity index (χ0n) is 18.4. The van der Waals surface area contributed by atoms with Gasteiger partial charge in [0.05, 0.1) is 17.8 Å². The van der Waals surface area contributed by atoms with Crippen molar-refractivity contribution >= 4 is 38.8 Å². The first-order valence-electron chi connectivity index (χ1n) is 10.7. The van der Waals surface area contributed by atoms with E-state index in [0.29, 0.717) is 35.0 Å². The highest BCUT2D eigenvalue weighted by Crippen LogP contribution is 2.35. The third kappa shape index (κ3) is 4.65. The summed E-state index contributed by atoms with van der Waals surface area (Å²) in [6.07, 6.45) is 0.886. The Morgan fingerprint density at radius 1 is 1.21 bits per heavy atom. The Labute approximate surface area is 192 Å². The lowest BCUT2D eigenvalue weighted by Gasteiger charge is -2.35. The SMILES string of the molecule is CC(C)CCN1CC(=C2Nc3ccccc3S(=O)(=O)N2)C(=O)c2cc(NCC(=O)O)ccc21. The Hall–Kier alpha value is -3.53. The predicted molar refractivity (Wildman–Crippen MR) is 126 cm³/mol. The van der Waals surface area contributed by atoms with Gasteiger partial charge in [0.15, 0.2) is 5.78 Å². The van der Waals surface area contributed by atoms with E-state index in [9.17, 15) is 18.0 Å². The quantitative estimate of drug-likeness (QED) is 0.475. The average Bonchev–Trinajstić information content (AvgIpc) is 2.76. The third-order valence-electron chi connectivity index (χ3n) is 5.60. The highest BCUT2D eigenvalue weighted by Gasteiger charge is 2.34. The summed E-state index contributed by atoms with van der Waals surface area (Å²) in [5.41, 5.74) is 2.34. The van der Waals surface area contributed by atoms with Crippen LogP contribution in [0.5, 0.6) is 0 Å². The number of para-hydroxylation sites is 1. The molecule has 2 aromatic carbocycles. The molecule has 9 nitrogen and oxygen atoms in total. The van der Waals surface area contributed by atoms with Gasteiger partial charge in [0.2, 0.25) is 0 Å². The lowest BCUT2D eigenvalue weighted by molar-refractivity contribution is -0.134. The zero-order valence-corrected chi connectivity index (χ0v) is 19.2. The average molecular weight is 471 g/mol. The van der Waals surface area contributed by atoms with Gasteiger partial charge in [0.25, 0.3) is 10.0 Å². The van der Waals surface area contributed by atoms with Gasteiger partial charge in [-0.15, -0.1) is 0 Å². The van der Waals surface area contributed by atoms with E-state index >= 15 is 0 Å². The van der Waals surface area contributed by atoms with Gasteiger partial charge in [-0.05, 0) is 42.7 Å². The van der Waals surface area contributed by atoms with Crippen molar-refractivity contribution < 1.29 is 23.1 Å². The Kier molecular flexibility index (Phi) is 6.03. The topological polar surface area (TPSA) is 128 Å². The molecule has 0 aliphatic carbocycles. The van der Waals surface area contributed by atoms with Gasteiger partial charge in [-0.3, -0.25) is 14.3 Å². The number of fused-ring (bicyclic) bond motifs is 2. The van der Waals surface area contributed by atoms with Crippen LogP contribution in [0.15, 0.2) is 58.8 Å². The number of anilines is 3. The van der Waals surface area contributed by atoms with Crippen LogP contribution in [0, 0.1) is 5.92 Å². The molecule has 0 radical (unpaired) electrons. The van der Waals surface area contributed by atoms with Crippen LogP contribution in [-0.2, 0) is 14.8 Å². The van der Waals surface area contributed by atoms with Crippen LogP contribution in [-0.4, -0.2) is 44.9 Å². The maximum atomic E-state index is 13.5. The molecule has 0 fully saturated rings. The first-order chi connectivity index (χ1) is 15.7. The lowest BCUT2D eigenvalue weighted by atomic mass is 9.94. The third-order valence-corrected chi connectivity index (χ3v) is 7.01. The highest BCUT2D eigenvalue weighted by molar-refractivity contribution is 7.89. The van der Waals surface area contributed by atoms with Gasteiger partial charge in [0, 0.05) is 23.5 Å². The molecule has 0 bridgehead atoms. The van der Waals surface area contributed by atoms with Crippen molar-refractivity contribution in [2.24, 2.45) is 5.92 Å². The molecule has 10 heteroatoms. The number of carbonyl (C=O) groups is 2. The van der Waals surface area contributed by atoms with E-state index in [2.05, 4.69) is 34.1 Å². The second-order valence-electron chi connectivity index (χ2n) is 8.49. The number of carboxylic acid groups (broad SMARTS) is 1. The maximum absolute atomic E-state index is 13.5. The molecule has 2 aromatic rings. The molecule has 0 amide bonds. The van der Waals surface area contributed by atoms with Crippen LogP contribution in [0.4, 0.5) is 17.1 Å². The summed E-state index contributed by atoms with van der Waals surface area (Å²) in [5.74, 6) is -0.742. The van der Waals surface area contributed by atoms with Gasteiger partial charge in [-0.2, -0.15) is 0 Å². The van der Waals surface area contributed by atoms with Crippen molar-refractivity contribution in [3.05, 3.63) is 59.4 Å². The van der Waals surface area contributed by atoms with Crippen molar-refractivity contribution in [1.82, 2.24) is 4.72 Å². The van der Waals surface area contributed by atoms with Gasteiger partial charge in [-0.1, -0.05) is 26.0 Å². The summed E-state index contributed by atoms with van der Waals surface area (Å²) in [6.45, 7) is 4.87. The predicted octanol–water partition coefficient (Wildman–Crippen LogP) is 2.85. The number of sulfonamides is 1. The van der Waals surface area contributed by atoms with Crippen LogP contribution in [0.3, 0.4) is 0 Å². The fourth-order valence-electron chi connectivity index (χ4n) is 3.89. The first-order valence-corrected chi connectivity index (χ1v) is 12.2. The van der Waals surface area contributed by atoms with Crippen LogP contribution in [0.25, 0.3) is 0 Å². The molecule has 0 saturated heterocycles. The molecule has 4 N–H and O–H groups in total. The van der Waals surface area contributed by atoms with E-state index in [0.717, 1.165) is 12.1 Å². The molecule has 2 aliphatic heterocycles. The largest absolute Gasteiger partial charge is 0.480 e. The van der Waals surface area contributed by atoms with E-state index in [1.165, 1.54) is 6.07 Å². The monoisotopic (exact) mass is 470 g/mol. The molecule has 0 unspecified atom stereocenters. The summed E-state index contributed by atoms with van der Waals surface area (Å²) in [5, 5.41) is 14.8. The molecule has 2 aliphatic rings. The van der Waals surface area contributed by atoms with Crippen LogP contribution < -0.4 is 20.3 Å². The van der Waals surface area contributed by atoms with Gasteiger partial charge in [-0.25, -0.2) is 8.42 Å². The molecular weight excluding hydrogens is 444 g/mol. The minimum Gasteiger partial charge on any atom is -0.480 e. The number of carbonyl (C=O) groups excluding carboxylic acids is 1. The molecule has 0 spiro atoms. The highest BCUT2D eigenvalue weighted by atomic mass is 32.2. The zero-order chi connectivity index (χ0) is 23.8. The van der Waals surface area contributed by atoms with Gasteiger partial charge >= 0.3 is 5.97 Å². The Bertz CT molecular complexity index is 1250. The van der Waals surface area contributed by atoms with Gasteiger partial charge in [0.1, 0.15) is 17.3 Å². The van der Waals surface area contributed by atoms with E-state index in [-0.39, 0.29) is 29.6 Å². The van der Waals surface area contributed by atoms with E-state index in [4.69, 9.17) is 5.11 Å². The smallest absolute Gasteiger partial charge is 0.322 e. The van der Waals surface area contributed by atoms with E-state index < -0.39 is 16.0 Å². The van der Waals surface area contributed by atoms with Gasteiger partial charge < -0.3 is 20.6 Å². The molecule has 33 heavy (non-hydrogen) atoms. The Balaban J connectivity index is 1.77. The molecule has 0 atom stereocenters. The van der Waals surface area contributed by atoms with E-state index in [1.54, 1.807) is 36.4 Å². The summed E-state index contributed by atoms with van der Waals surface area (Å²) in [7, 11) is -3.83. The van der Waals surface area contributed by atoms with Crippen molar-refractivity contribution in [2.75, 3.05) is 35.2 Å². The molecule has 0 saturated carbocycles. The maximum Gasteiger partial charge on any atom is 0.322 e. The number of hydrogen-bond donors (Lipinski definition) is 4. The number of rotatable bonds is 6. The second-order valence-corrected chi connectivity index (χ2v) is 10.1. The van der Waals surface area contributed by atoms with Crippen molar-refractivity contribution in [1.29, 1.82) is 0 Å². The normalized spacial score (nSPS) is 18.8. The molecular formula is C23H26N4O5S. The van der Waals surface area contributed by atoms with Crippen LogP contribution >= 0.6 is 0 Å². The number of nitrogens with zero attached hydrogens (tertiary/aromatic N) is 1. The number of ketones is 1. The number of Topliss-reactive ketones (excluding diaryl/α,β-unsaturated/α-hetero) is 1. The Morgan fingerprint density at radius 3 is 2.70 bits per heavy atom. The fourth-order valence-corrected chi connectivity index (χ4v) is 5.11. The summed E-state index contributed by atoms with van der Waals surface area (Å²) in [4.78, 5) is 26.6. The minimum atomic E-state index is -3.83. The lowest BCUT2D eigenvalue weighted by Crippen LogP contribution is -2.41. The molecule has 0 aromatic heterocycles. The minimum absolute atomic E-state index is 0.120. The Morgan fingerprint density at radius 2 is 1.97 bits per heavy atom. The number of carboxylic acids is 1. The van der Waals surface area contributed by atoms with Crippen LogP contribution in [0.1, 0.15) is 30.6 Å². The number of benzene rings is 2. The number of nitrogens with one attached hydrogen (secondary N) is 3. The summed E-state index contributed by atoms with van der Waals surface area (Å²) >= 11 is 0. The first kappa shape index (κ1) is 22.7. The second kappa shape index (κ2) is 8.78. The van der Waals surface area contributed by atoms with Crippen LogP contribution in [0.2, 0.25) is 0 Å². The number of hydrogen-bond acceptors (Lipinski definition) is 7. The van der Waals surface area contributed by atoms with Crippen molar-refractivity contribution in [2.45, 2.75) is 25.2 Å². The van der Waals surface area contributed by atoms with E-state index in [1.807, 2.05) is 0 Å². The summed E-state index contributed by atoms with van der Waals surface area (Å²) in [6, 6.07) is 11.7. The fraction of sp³-hybridized carbons (Fsp3) is 0.304. The summed E-state index contributed by atoms with van der Waals surface area (Å²) < 4.78 is 28.1. The molecule has 4 rings (SSSR count). The molecule has 174 valence electrons. The van der Waals surface area contributed by atoms with Crippen molar-refractivity contribution in [3.8, 4) is 0 Å².